The van der Waals surface area contributed by atoms with Crippen molar-refractivity contribution >= 4 is 5.97 Å². The molecule has 1 fully saturated rings. The zero-order valence-electron chi connectivity index (χ0n) is 23.5. The molecule has 1 spiro atoms. The van der Waals surface area contributed by atoms with E-state index < -0.39 is 12.1 Å². The molecule has 3 aromatic rings. The van der Waals surface area contributed by atoms with Crippen LogP contribution >= 0.6 is 0 Å². The van der Waals surface area contributed by atoms with Crippen molar-refractivity contribution in [2.24, 2.45) is 5.41 Å². The molecule has 2 aliphatic rings. The molecular formula is C33H37NaO5. The number of ether oxygens (including phenoxy) is 1. The molecule has 2 atom stereocenters. The van der Waals surface area contributed by atoms with Crippen molar-refractivity contribution in [1.82, 2.24) is 0 Å². The van der Waals surface area contributed by atoms with Crippen molar-refractivity contribution in [2.75, 3.05) is 13.2 Å². The van der Waals surface area contributed by atoms with Crippen LogP contribution in [-0.4, -0.2) is 35.5 Å². The van der Waals surface area contributed by atoms with Crippen LogP contribution in [0.2, 0.25) is 0 Å². The molecule has 0 aromatic heterocycles. The van der Waals surface area contributed by atoms with Gasteiger partial charge in [0.1, 0.15) is 18.5 Å². The molecule has 0 saturated heterocycles. The number of benzene rings is 3. The number of aliphatic carboxylic acids is 1. The first kappa shape index (κ1) is 29.8. The molecule has 5 rings (SSSR count). The van der Waals surface area contributed by atoms with E-state index in [-0.39, 0.29) is 60.5 Å². The van der Waals surface area contributed by atoms with Gasteiger partial charge in [0.25, 0.3) is 0 Å². The summed E-state index contributed by atoms with van der Waals surface area (Å²) in [5.74, 6) is -0.142. The molecule has 0 heterocycles. The van der Waals surface area contributed by atoms with E-state index in [4.69, 9.17) is 9.84 Å². The van der Waals surface area contributed by atoms with Crippen LogP contribution < -0.4 is 39.4 Å². The minimum atomic E-state index is -0.943. The molecule has 2 aliphatic carbocycles. The van der Waals surface area contributed by atoms with Crippen LogP contribution in [0.4, 0.5) is 0 Å². The number of hydrogen-bond acceptors (Lipinski definition) is 5. The summed E-state index contributed by atoms with van der Waals surface area (Å²) < 4.78 is 5.68. The van der Waals surface area contributed by atoms with E-state index >= 15 is 0 Å². The normalized spacial score (nSPS) is 17.4. The first-order valence-electron chi connectivity index (χ1n) is 13.6. The van der Waals surface area contributed by atoms with Crippen LogP contribution in [-0.2, 0) is 24.1 Å². The molecule has 0 radical (unpaired) electrons. The summed E-state index contributed by atoms with van der Waals surface area (Å²) in [6, 6.07) is 17.2. The van der Waals surface area contributed by atoms with E-state index in [1.54, 1.807) is 0 Å². The summed E-state index contributed by atoms with van der Waals surface area (Å²) in [7, 11) is 0. The average Bonchev–Trinajstić information content (AvgIpc) is 3.59. The maximum Gasteiger partial charge on any atom is 1.00 e. The quantitative estimate of drug-likeness (QED) is 0.382. The van der Waals surface area contributed by atoms with Crippen LogP contribution in [0.3, 0.4) is 0 Å². The van der Waals surface area contributed by atoms with Crippen molar-refractivity contribution in [3.63, 3.8) is 0 Å². The third-order valence-electron chi connectivity index (χ3n) is 8.69. The summed E-state index contributed by atoms with van der Waals surface area (Å²) in [5.41, 5.74) is 11.2. The van der Waals surface area contributed by atoms with Gasteiger partial charge in [0.15, 0.2) is 0 Å². The van der Waals surface area contributed by atoms with Gasteiger partial charge in [-0.05, 0) is 133 Å². The number of hydrogen-bond donors (Lipinski definition) is 2. The summed E-state index contributed by atoms with van der Waals surface area (Å²) in [6.45, 7) is 6.08. The monoisotopic (exact) mass is 536 g/mol. The van der Waals surface area contributed by atoms with Gasteiger partial charge >= 0.3 is 29.6 Å². The van der Waals surface area contributed by atoms with Gasteiger partial charge in [0, 0.05) is 5.97 Å². The largest absolute Gasteiger partial charge is 1.00 e. The molecule has 0 amide bonds. The zero-order chi connectivity index (χ0) is 27.0. The smallest absolute Gasteiger partial charge is 0.550 e. The predicted molar refractivity (Wildman–Crippen MR) is 146 cm³/mol. The van der Waals surface area contributed by atoms with Gasteiger partial charge in [0.05, 0.1) is 6.61 Å². The molecule has 5 nitrogen and oxygen atoms in total. The first-order chi connectivity index (χ1) is 18.2. The Kier molecular flexibility index (Phi) is 9.30. The van der Waals surface area contributed by atoms with Gasteiger partial charge < -0.3 is 24.9 Å². The van der Waals surface area contributed by atoms with Gasteiger partial charge in [0.2, 0.25) is 0 Å². The Balaban J connectivity index is 0.00000353. The Morgan fingerprint density at radius 1 is 1.08 bits per heavy atom. The molecule has 6 heteroatoms. The Labute approximate surface area is 253 Å². The van der Waals surface area contributed by atoms with Gasteiger partial charge in [-0.15, -0.1) is 0 Å². The number of carbonyl (C=O) groups is 1. The molecule has 0 bridgehead atoms. The van der Waals surface area contributed by atoms with Crippen molar-refractivity contribution < 1.29 is 54.4 Å². The van der Waals surface area contributed by atoms with Crippen molar-refractivity contribution in [1.29, 1.82) is 0 Å². The van der Waals surface area contributed by atoms with Crippen LogP contribution in [0.5, 0.6) is 5.75 Å². The summed E-state index contributed by atoms with van der Waals surface area (Å²) in [5, 5.41) is 30.0. The molecule has 2 N–H and O–H groups in total. The van der Waals surface area contributed by atoms with Crippen LogP contribution in [0, 0.1) is 26.2 Å². The van der Waals surface area contributed by atoms with E-state index in [9.17, 15) is 15.0 Å². The second-order valence-corrected chi connectivity index (χ2v) is 11.4. The number of rotatable bonds is 10. The topological polar surface area (TPSA) is 89.8 Å². The number of aryl methyl sites for hydroxylation is 4. The zero-order valence-corrected chi connectivity index (χ0v) is 25.5. The van der Waals surface area contributed by atoms with E-state index in [1.807, 2.05) is 12.1 Å². The average molecular weight is 537 g/mol. The maximum absolute atomic E-state index is 11.4. The Morgan fingerprint density at radius 2 is 1.79 bits per heavy atom. The number of aliphatic hydroxyl groups is 2. The van der Waals surface area contributed by atoms with E-state index in [1.165, 1.54) is 38.9 Å². The number of aliphatic hydroxyl groups excluding tert-OH is 2. The van der Waals surface area contributed by atoms with Gasteiger partial charge in [-0.2, -0.15) is 0 Å². The second-order valence-electron chi connectivity index (χ2n) is 11.4. The molecule has 0 aliphatic heterocycles. The van der Waals surface area contributed by atoms with Crippen LogP contribution in [0.15, 0.2) is 48.5 Å². The van der Waals surface area contributed by atoms with Crippen molar-refractivity contribution in [3.8, 4) is 16.9 Å². The standard InChI is InChI=1S/C33H38O5.Na/c1-20-13-27(38-19-26(35)18-34)14-21(2)32(20)28-6-4-5-24(22(28)3)9-7-23-8-10-29-25(15-23)17-33(11-12-33)30(29)16-31(36)37;/h4-6,8,10,13-15,26,30,34-35H,7,9,11-12,16-19H2,1-3H3,(H,36,37);/q;+1/p-1/t26-,30?;/m1./s1. The van der Waals surface area contributed by atoms with Gasteiger partial charge in [-0.3, -0.25) is 0 Å². The molecule has 1 unspecified atom stereocenters. The van der Waals surface area contributed by atoms with E-state index in [2.05, 4.69) is 57.2 Å². The minimum absolute atomic E-state index is 0. The summed E-state index contributed by atoms with van der Waals surface area (Å²) in [6.07, 6.45) is 4.36. The number of fused-ring (bicyclic) bond motifs is 1. The summed E-state index contributed by atoms with van der Waals surface area (Å²) >= 11 is 0. The third-order valence-corrected chi connectivity index (χ3v) is 8.69. The molecule has 200 valence electrons. The molecular weight excluding hydrogens is 499 g/mol. The number of carboxylic acids is 1. The van der Waals surface area contributed by atoms with Crippen molar-refractivity contribution in [2.45, 2.75) is 71.3 Å². The van der Waals surface area contributed by atoms with Gasteiger partial charge in [-0.25, -0.2) is 0 Å². The SMILES string of the molecule is Cc1cc(OC[C@H](O)CO)cc(C)c1-c1cccc(CCc2ccc3c(c2)CC2(CC2)C3CC(=O)[O-])c1C.[Na+]. The van der Waals surface area contributed by atoms with E-state index in [0.717, 1.165) is 43.2 Å². The maximum atomic E-state index is 11.4. The van der Waals surface area contributed by atoms with Gasteiger partial charge in [-0.1, -0.05) is 36.4 Å². The predicted octanol–water partition coefficient (Wildman–Crippen LogP) is 1.36. The Bertz CT molecular complexity index is 1340. The Hall–Kier alpha value is -2.15. The minimum Gasteiger partial charge on any atom is -0.550 e. The third kappa shape index (κ3) is 6.28. The van der Waals surface area contributed by atoms with Crippen LogP contribution in [0.1, 0.15) is 64.1 Å². The number of carbonyl (C=O) groups excluding carboxylic acids is 1. The summed E-state index contributed by atoms with van der Waals surface area (Å²) in [4.78, 5) is 11.4. The van der Waals surface area contributed by atoms with E-state index in [0.29, 0.717) is 5.75 Å². The number of carboxylic acid groups (broad SMARTS) is 1. The fourth-order valence-corrected chi connectivity index (χ4v) is 6.50. The van der Waals surface area contributed by atoms with Crippen molar-refractivity contribution in [3.05, 3.63) is 87.5 Å². The molecule has 3 aromatic carbocycles. The fourth-order valence-electron chi connectivity index (χ4n) is 6.50. The fraction of sp³-hybridized carbons (Fsp3) is 0.424. The second kappa shape index (κ2) is 12.2. The molecule has 1 saturated carbocycles. The molecule has 39 heavy (non-hydrogen) atoms. The Morgan fingerprint density at radius 3 is 2.44 bits per heavy atom. The van der Waals surface area contributed by atoms with Crippen LogP contribution in [0.25, 0.3) is 11.1 Å². The first-order valence-corrected chi connectivity index (χ1v) is 13.6.